The SMILES string of the molecule is C[C@H]1C(=O)[C@@H](O)C[C@@H]2[C@]1(C)CC[C@H]1[C@@]2(C)CC[C@@]2(C)[C@@H]3CC(C)(C)CC[C@]3(C)CC[C@]12C. The largest absolute Gasteiger partial charge is 0.385 e. The molecule has 0 spiro atoms. The summed E-state index contributed by atoms with van der Waals surface area (Å²) in [5.41, 5.74) is 2.07. The van der Waals surface area contributed by atoms with Crippen molar-refractivity contribution in [3.05, 3.63) is 0 Å². The number of aliphatic hydroxyl groups is 1. The van der Waals surface area contributed by atoms with E-state index in [1.807, 2.05) is 0 Å². The lowest BCUT2D eigenvalue weighted by molar-refractivity contribution is -0.259. The molecule has 0 amide bonds. The molecule has 182 valence electrons. The second-order valence-corrected chi connectivity index (χ2v) is 15.4. The van der Waals surface area contributed by atoms with Crippen molar-refractivity contribution >= 4 is 5.78 Å². The Bertz CT molecular complexity index is 816. The summed E-state index contributed by atoms with van der Waals surface area (Å²) in [5.74, 6) is 2.11. The van der Waals surface area contributed by atoms with Gasteiger partial charge >= 0.3 is 0 Å². The maximum Gasteiger partial charge on any atom is 0.164 e. The van der Waals surface area contributed by atoms with E-state index in [-0.39, 0.29) is 22.5 Å². The van der Waals surface area contributed by atoms with E-state index in [1.165, 1.54) is 51.4 Å². The van der Waals surface area contributed by atoms with Gasteiger partial charge in [0.25, 0.3) is 0 Å². The Morgan fingerprint density at radius 2 is 1.31 bits per heavy atom. The van der Waals surface area contributed by atoms with Crippen molar-refractivity contribution in [1.29, 1.82) is 0 Å². The van der Waals surface area contributed by atoms with Crippen LogP contribution < -0.4 is 0 Å². The third kappa shape index (κ3) is 2.71. The number of hydrogen-bond donors (Lipinski definition) is 1. The molecular formula is C30H50O2. The zero-order valence-electron chi connectivity index (χ0n) is 22.3. The van der Waals surface area contributed by atoms with Crippen LogP contribution in [0.4, 0.5) is 0 Å². The van der Waals surface area contributed by atoms with Gasteiger partial charge in [0, 0.05) is 5.92 Å². The maximum atomic E-state index is 12.8. The number of fused-ring (bicyclic) bond motifs is 7. The Kier molecular flexibility index (Phi) is 4.85. The molecule has 5 aliphatic carbocycles. The third-order valence-corrected chi connectivity index (χ3v) is 13.8. The predicted molar refractivity (Wildman–Crippen MR) is 131 cm³/mol. The van der Waals surface area contributed by atoms with Crippen LogP contribution in [-0.4, -0.2) is 17.0 Å². The zero-order chi connectivity index (χ0) is 23.5. The second-order valence-electron chi connectivity index (χ2n) is 15.4. The molecule has 2 heteroatoms. The van der Waals surface area contributed by atoms with Crippen molar-refractivity contribution in [2.45, 2.75) is 126 Å². The summed E-state index contributed by atoms with van der Waals surface area (Å²) < 4.78 is 0. The van der Waals surface area contributed by atoms with Crippen molar-refractivity contribution in [3.8, 4) is 0 Å². The predicted octanol–water partition coefficient (Wildman–Crippen LogP) is 7.43. The van der Waals surface area contributed by atoms with E-state index in [9.17, 15) is 9.90 Å². The molecule has 5 aliphatic rings. The summed E-state index contributed by atoms with van der Waals surface area (Å²) in [6.45, 7) is 20.1. The summed E-state index contributed by atoms with van der Waals surface area (Å²) in [6, 6.07) is 0. The van der Waals surface area contributed by atoms with Crippen molar-refractivity contribution in [3.63, 3.8) is 0 Å². The molecule has 10 atom stereocenters. The Morgan fingerprint density at radius 1 is 0.719 bits per heavy atom. The number of hydrogen-bond acceptors (Lipinski definition) is 2. The number of carbonyl (C=O) groups excluding carboxylic acids is 1. The lowest BCUT2D eigenvalue weighted by atomic mass is 9.30. The van der Waals surface area contributed by atoms with Crippen LogP contribution in [0.25, 0.3) is 0 Å². The van der Waals surface area contributed by atoms with Gasteiger partial charge in [-0.15, -0.1) is 0 Å². The molecular weight excluding hydrogens is 392 g/mol. The molecule has 0 saturated heterocycles. The molecule has 5 fully saturated rings. The standard InChI is InChI=1S/C30H50O2/c1-19-24(32)20(31)17-22-27(19,5)10-9-21-28(22,6)14-16-30(8)23-18-25(2,3)11-12-26(23,4)13-15-29(21,30)7/h19-23,31H,9-18H2,1-8H3/t19-,20-,21-,22+,23+,26+,27+,28+,29+,30-/m0/s1. The first-order valence-electron chi connectivity index (χ1n) is 13.8. The molecule has 0 bridgehead atoms. The van der Waals surface area contributed by atoms with Crippen LogP contribution in [0.5, 0.6) is 0 Å². The molecule has 5 saturated carbocycles. The van der Waals surface area contributed by atoms with Gasteiger partial charge in [0.05, 0.1) is 0 Å². The molecule has 32 heavy (non-hydrogen) atoms. The van der Waals surface area contributed by atoms with Gasteiger partial charge in [0.1, 0.15) is 6.10 Å². The highest BCUT2D eigenvalue weighted by molar-refractivity contribution is 5.86. The monoisotopic (exact) mass is 442 g/mol. The van der Waals surface area contributed by atoms with Crippen molar-refractivity contribution in [2.24, 2.45) is 56.2 Å². The van der Waals surface area contributed by atoms with E-state index in [4.69, 9.17) is 0 Å². The van der Waals surface area contributed by atoms with E-state index >= 15 is 0 Å². The fourth-order valence-corrected chi connectivity index (χ4v) is 11.1. The minimum Gasteiger partial charge on any atom is -0.385 e. The van der Waals surface area contributed by atoms with Crippen LogP contribution in [0, 0.1) is 56.2 Å². The minimum absolute atomic E-state index is 0.0102. The highest BCUT2D eigenvalue weighted by Crippen LogP contribution is 2.78. The fourth-order valence-electron chi connectivity index (χ4n) is 11.1. The molecule has 2 nitrogen and oxygen atoms in total. The summed E-state index contributed by atoms with van der Waals surface area (Å²) in [7, 11) is 0. The first-order valence-corrected chi connectivity index (χ1v) is 13.8. The maximum absolute atomic E-state index is 12.8. The summed E-state index contributed by atoms with van der Waals surface area (Å²) in [4.78, 5) is 12.8. The quantitative estimate of drug-likeness (QED) is 0.423. The van der Waals surface area contributed by atoms with Gasteiger partial charge in [0.15, 0.2) is 5.78 Å². The molecule has 0 aromatic heterocycles. The Balaban J connectivity index is 1.55. The highest BCUT2D eigenvalue weighted by Gasteiger charge is 2.71. The van der Waals surface area contributed by atoms with Gasteiger partial charge in [-0.3, -0.25) is 4.79 Å². The van der Waals surface area contributed by atoms with Crippen molar-refractivity contribution in [1.82, 2.24) is 0 Å². The molecule has 0 aromatic carbocycles. The first-order chi connectivity index (χ1) is 14.6. The number of rotatable bonds is 0. The topological polar surface area (TPSA) is 37.3 Å². The van der Waals surface area contributed by atoms with Gasteiger partial charge in [-0.2, -0.15) is 0 Å². The number of aliphatic hydroxyl groups excluding tert-OH is 1. The zero-order valence-corrected chi connectivity index (χ0v) is 22.3. The normalized spacial score (nSPS) is 59.4. The second kappa shape index (κ2) is 6.64. The minimum atomic E-state index is -0.742. The Hall–Kier alpha value is -0.370. The molecule has 0 unspecified atom stereocenters. The lowest BCUT2D eigenvalue weighted by Gasteiger charge is -2.75. The third-order valence-electron chi connectivity index (χ3n) is 13.8. The molecule has 0 aromatic rings. The summed E-state index contributed by atoms with van der Waals surface area (Å²) >= 11 is 0. The molecule has 5 rings (SSSR count). The van der Waals surface area contributed by atoms with E-state index in [0.29, 0.717) is 39.9 Å². The fraction of sp³-hybridized carbons (Fsp3) is 0.967. The van der Waals surface area contributed by atoms with Crippen LogP contribution in [0.3, 0.4) is 0 Å². The van der Waals surface area contributed by atoms with Crippen LogP contribution in [0.15, 0.2) is 0 Å². The smallest absolute Gasteiger partial charge is 0.164 e. The van der Waals surface area contributed by atoms with E-state index in [1.54, 1.807) is 0 Å². The molecule has 0 aliphatic heterocycles. The van der Waals surface area contributed by atoms with E-state index < -0.39 is 6.10 Å². The van der Waals surface area contributed by atoms with E-state index in [0.717, 1.165) is 12.3 Å². The summed E-state index contributed by atoms with van der Waals surface area (Å²) in [5, 5.41) is 10.7. The Morgan fingerprint density at radius 3 is 2.00 bits per heavy atom. The Labute approximate surface area is 197 Å². The van der Waals surface area contributed by atoms with Gasteiger partial charge in [-0.25, -0.2) is 0 Å². The number of Topliss-reactive ketones (excluding diaryl/α,β-unsaturated/α-hetero) is 1. The van der Waals surface area contributed by atoms with Crippen LogP contribution in [0.1, 0.15) is 120 Å². The highest BCUT2D eigenvalue weighted by atomic mass is 16.3. The van der Waals surface area contributed by atoms with Crippen LogP contribution in [-0.2, 0) is 4.79 Å². The molecule has 0 radical (unpaired) electrons. The number of ketones is 1. The van der Waals surface area contributed by atoms with Crippen LogP contribution in [0.2, 0.25) is 0 Å². The van der Waals surface area contributed by atoms with Crippen molar-refractivity contribution in [2.75, 3.05) is 0 Å². The average molecular weight is 443 g/mol. The molecule has 0 heterocycles. The van der Waals surface area contributed by atoms with Gasteiger partial charge in [-0.1, -0.05) is 55.4 Å². The number of carbonyl (C=O) groups is 1. The average Bonchev–Trinajstić information content (AvgIpc) is 2.72. The van der Waals surface area contributed by atoms with Gasteiger partial charge in [0.2, 0.25) is 0 Å². The first kappa shape index (κ1) is 23.4. The molecule has 1 N–H and O–H groups in total. The van der Waals surface area contributed by atoms with Crippen LogP contribution >= 0.6 is 0 Å². The summed E-state index contributed by atoms with van der Waals surface area (Å²) in [6.07, 6.45) is 12.0. The van der Waals surface area contributed by atoms with Crippen molar-refractivity contribution < 1.29 is 9.90 Å². The van der Waals surface area contributed by atoms with Gasteiger partial charge in [-0.05, 0) is 114 Å². The lowest BCUT2D eigenvalue weighted by Crippen LogP contribution is -2.68. The van der Waals surface area contributed by atoms with E-state index in [2.05, 4.69) is 55.4 Å². The van der Waals surface area contributed by atoms with Gasteiger partial charge < -0.3 is 5.11 Å².